The zero-order valence-electron chi connectivity index (χ0n) is 11.0. The third kappa shape index (κ3) is 2.51. The summed E-state index contributed by atoms with van der Waals surface area (Å²) >= 11 is 0. The van der Waals surface area contributed by atoms with E-state index in [1.807, 2.05) is 37.3 Å². The molecule has 7 nitrogen and oxygen atoms in total. The number of hydrogen-bond donors (Lipinski definition) is 1. The zero-order valence-corrected chi connectivity index (χ0v) is 11.0. The molecule has 0 saturated carbocycles. The van der Waals surface area contributed by atoms with E-state index in [1.165, 1.54) is 0 Å². The molecular formula is C13H14N6O. The first-order valence-electron chi connectivity index (χ1n) is 6.38. The van der Waals surface area contributed by atoms with Crippen molar-refractivity contribution in [2.45, 2.75) is 19.9 Å². The number of para-hydroxylation sites is 1. The van der Waals surface area contributed by atoms with Crippen molar-refractivity contribution in [1.82, 2.24) is 25.2 Å². The summed E-state index contributed by atoms with van der Waals surface area (Å²) in [6.07, 6.45) is 2.56. The normalized spacial score (nSPS) is 10.7. The maximum atomic E-state index is 5.53. The van der Waals surface area contributed by atoms with Crippen LogP contribution in [0.4, 0.5) is 5.95 Å². The van der Waals surface area contributed by atoms with Crippen LogP contribution in [0.25, 0.3) is 5.69 Å². The predicted molar refractivity (Wildman–Crippen MR) is 72.4 cm³/mol. The van der Waals surface area contributed by atoms with Crippen LogP contribution in [0, 0.1) is 0 Å². The summed E-state index contributed by atoms with van der Waals surface area (Å²) in [4.78, 5) is 4.18. The maximum absolute atomic E-state index is 5.53. The second-order valence-corrected chi connectivity index (χ2v) is 4.18. The highest BCUT2D eigenvalue weighted by molar-refractivity contribution is 5.38. The van der Waals surface area contributed by atoms with Crippen molar-refractivity contribution in [2.75, 3.05) is 5.32 Å². The SMILES string of the molecule is CCc1cnc(CNc2nnnn2-c2ccccc2)o1. The monoisotopic (exact) mass is 270 g/mol. The van der Waals surface area contributed by atoms with Gasteiger partial charge in [-0.05, 0) is 22.6 Å². The number of oxazole rings is 1. The van der Waals surface area contributed by atoms with Crippen LogP contribution in [0.5, 0.6) is 0 Å². The highest BCUT2D eigenvalue weighted by Gasteiger charge is 2.09. The number of anilines is 1. The Bertz CT molecular complexity index is 675. The van der Waals surface area contributed by atoms with Gasteiger partial charge < -0.3 is 9.73 Å². The number of nitrogens with zero attached hydrogens (tertiary/aromatic N) is 5. The van der Waals surface area contributed by atoms with E-state index < -0.39 is 0 Å². The van der Waals surface area contributed by atoms with Gasteiger partial charge in [0.25, 0.3) is 0 Å². The lowest BCUT2D eigenvalue weighted by atomic mass is 10.3. The van der Waals surface area contributed by atoms with E-state index >= 15 is 0 Å². The van der Waals surface area contributed by atoms with Gasteiger partial charge in [0.15, 0.2) is 0 Å². The van der Waals surface area contributed by atoms with E-state index in [0.29, 0.717) is 18.4 Å². The minimum Gasteiger partial charge on any atom is -0.444 e. The van der Waals surface area contributed by atoms with Gasteiger partial charge >= 0.3 is 0 Å². The fourth-order valence-corrected chi connectivity index (χ4v) is 1.79. The van der Waals surface area contributed by atoms with E-state index in [1.54, 1.807) is 10.9 Å². The van der Waals surface area contributed by atoms with Crippen LogP contribution in [0.1, 0.15) is 18.6 Å². The standard InChI is InChI=1S/C13H14N6O/c1-2-11-8-14-12(20-11)9-15-13-16-17-18-19(13)10-6-4-3-5-7-10/h3-8H,2,9H2,1H3,(H,15,16,18). The Balaban J connectivity index is 1.74. The van der Waals surface area contributed by atoms with Gasteiger partial charge in [0.2, 0.25) is 11.8 Å². The molecule has 0 amide bonds. The molecule has 1 N–H and O–H groups in total. The van der Waals surface area contributed by atoms with Gasteiger partial charge in [0.05, 0.1) is 18.4 Å². The Morgan fingerprint density at radius 2 is 2.10 bits per heavy atom. The number of nitrogens with one attached hydrogen (secondary N) is 1. The van der Waals surface area contributed by atoms with Crippen LogP contribution < -0.4 is 5.32 Å². The highest BCUT2D eigenvalue weighted by Crippen LogP contribution is 2.12. The van der Waals surface area contributed by atoms with Crippen molar-refractivity contribution in [3.8, 4) is 5.69 Å². The van der Waals surface area contributed by atoms with Crippen molar-refractivity contribution >= 4 is 5.95 Å². The first kappa shape index (κ1) is 12.3. The summed E-state index contributed by atoms with van der Waals surface area (Å²) in [7, 11) is 0. The largest absolute Gasteiger partial charge is 0.444 e. The Kier molecular flexibility index (Phi) is 3.40. The minimum atomic E-state index is 0.438. The van der Waals surface area contributed by atoms with Crippen LogP contribution in [-0.2, 0) is 13.0 Å². The lowest BCUT2D eigenvalue weighted by Gasteiger charge is -2.04. The molecule has 2 aromatic heterocycles. The topological polar surface area (TPSA) is 81.7 Å². The fraction of sp³-hybridized carbons (Fsp3) is 0.231. The van der Waals surface area contributed by atoms with Gasteiger partial charge in [-0.2, -0.15) is 4.68 Å². The molecule has 7 heteroatoms. The Morgan fingerprint density at radius 3 is 2.85 bits per heavy atom. The van der Waals surface area contributed by atoms with Gasteiger partial charge in [-0.1, -0.05) is 30.2 Å². The molecule has 0 fully saturated rings. The van der Waals surface area contributed by atoms with E-state index in [0.717, 1.165) is 17.9 Å². The molecule has 102 valence electrons. The van der Waals surface area contributed by atoms with E-state index in [2.05, 4.69) is 25.8 Å². The molecule has 0 unspecified atom stereocenters. The summed E-state index contributed by atoms with van der Waals surface area (Å²) in [6, 6.07) is 9.68. The van der Waals surface area contributed by atoms with E-state index in [4.69, 9.17) is 4.42 Å². The summed E-state index contributed by atoms with van der Waals surface area (Å²) in [5.74, 6) is 2.03. The molecule has 2 heterocycles. The van der Waals surface area contributed by atoms with Crippen molar-refractivity contribution < 1.29 is 4.42 Å². The van der Waals surface area contributed by atoms with Gasteiger partial charge in [0, 0.05) is 6.42 Å². The summed E-state index contributed by atoms with van der Waals surface area (Å²) in [6.45, 7) is 2.46. The second-order valence-electron chi connectivity index (χ2n) is 4.18. The van der Waals surface area contributed by atoms with E-state index in [9.17, 15) is 0 Å². The van der Waals surface area contributed by atoms with Crippen molar-refractivity contribution in [3.05, 3.63) is 48.2 Å². The molecule has 0 aliphatic carbocycles. The van der Waals surface area contributed by atoms with Crippen molar-refractivity contribution in [2.24, 2.45) is 0 Å². The zero-order chi connectivity index (χ0) is 13.8. The van der Waals surface area contributed by atoms with Crippen LogP contribution in [0.2, 0.25) is 0 Å². The number of hydrogen-bond acceptors (Lipinski definition) is 6. The van der Waals surface area contributed by atoms with E-state index in [-0.39, 0.29) is 0 Å². The average Bonchev–Trinajstić information content (AvgIpc) is 3.15. The molecule has 0 aliphatic rings. The third-order valence-corrected chi connectivity index (χ3v) is 2.82. The van der Waals surface area contributed by atoms with Gasteiger partial charge in [0.1, 0.15) is 5.76 Å². The molecule has 0 bridgehead atoms. The molecule has 0 radical (unpaired) electrons. The Labute approximate surface area is 115 Å². The lowest BCUT2D eigenvalue weighted by molar-refractivity contribution is 0.465. The molecule has 0 spiro atoms. The van der Waals surface area contributed by atoms with Gasteiger partial charge in [-0.3, -0.25) is 0 Å². The molecule has 20 heavy (non-hydrogen) atoms. The number of aryl methyl sites for hydroxylation is 1. The van der Waals surface area contributed by atoms with Crippen LogP contribution in [0.3, 0.4) is 0 Å². The maximum Gasteiger partial charge on any atom is 0.248 e. The van der Waals surface area contributed by atoms with Crippen LogP contribution in [0.15, 0.2) is 40.9 Å². The molecule has 0 saturated heterocycles. The van der Waals surface area contributed by atoms with Crippen molar-refractivity contribution in [3.63, 3.8) is 0 Å². The number of benzene rings is 1. The summed E-state index contributed by atoms with van der Waals surface area (Å²) < 4.78 is 7.15. The summed E-state index contributed by atoms with van der Waals surface area (Å²) in [5.41, 5.74) is 0.890. The molecule has 0 aliphatic heterocycles. The predicted octanol–water partition coefficient (Wildman–Crippen LogP) is 1.82. The molecule has 3 rings (SSSR count). The van der Waals surface area contributed by atoms with Gasteiger partial charge in [-0.15, -0.1) is 0 Å². The first-order valence-corrected chi connectivity index (χ1v) is 6.38. The minimum absolute atomic E-state index is 0.438. The third-order valence-electron chi connectivity index (χ3n) is 2.82. The van der Waals surface area contributed by atoms with Crippen LogP contribution >= 0.6 is 0 Å². The second kappa shape index (κ2) is 5.52. The molecule has 0 atom stereocenters. The molecule has 3 aromatic rings. The fourth-order valence-electron chi connectivity index (χ4n) is 1.79. The summed E-state index contributed by atoms with van der Waals surface area (Å²) in [5, 5.41) is 14.7. The lowest BCUT2D eigenvalue weighted by Crippen LogP contribution is -2.07. The molecule has 1 aromatic carbocycles. The van der Waals surface area contributed by atoms with Gasteiger partial charge in [-0.25, -0.2) is 4.98 Å². The quantitative estimate of drug-likeness (QED) is 0.761. The average molecular weight is 270 g/mol. The Morgan fingerprint density at radius 1 is 1.25 bits per heavy atom. The number of tetrazole rings is 1. The van der Waals surface area contributed by atoms with Crippen molar-refractivity contribution in [1.29, 1.82) is 0 Å². The Hall–Kier alpha value is -2.70. The first-order chi connectivity index (χ1) is 9.86. The number of aromatic nitrogens is 5. The number of rotatable bonds is 5. The molecular weight excluding hydrogens is 256 g/mol. The van der Waals surface area contributed by atoms with Crippen LogP contribution in [-0.4, -0.2) is 25.2 Å². The smallest absolute Gasteiger partial charge is 0.248 e. The highest BCUT2D eigenvalue weighted by atomic mass is 16.4.